The van der Waals surface area contributed by atoms with Crippen LogP contribution in [-0.4, -0.2) is 41.8 Å². The SMILES string of the molecule is O=C(NCC1CCC(C(=O)NC2(C(=O)O)CC2)CC1)OCC1c2ccccc2-c2ccccc21. The van der Waals surface area contributed by atoms with E-state index in [2.05, 4.69) is 34.9 Å². The largest absolute Gasteiger partial charge is 0.480 e. The van der Waals surface area contributed by atoms with Gasteiger partial charge in [0.1, 0.15) is 12.1 Å². The number of hydrogen-bond donors (Lipinski definition) is 3. The molecule has 0 aliphatic heterocycles. The minimum Gasteiger partial charge on any atom is -0.480 e. The van der Waals surface area contributed by atoms with Crippen LogP contribution in [0.1, 0.15) is 55.6 Å². The molecule has 3 N–H and O–H groups in total. The zero-order chi connectivity index (χ0) is 23.7. The monoisotopic (exact) mass is 462 g/mol. The van der Waals surface area contributed by atoms with E-state index in [4.69, 9.17) is 4.74 Å². The molecule has 7 heteroatoms. The number of benzene rings is 2. The summed E-state index contributed by atoms with van der Waals surface area (Å²) in [5, 5.41) is 14.9. The number of carbonyl (C=O) groups excluding carboxylic acids is 2. The van der Waals surface area contributed by atoms with Crippen molar-refractivity contribution in [3.8, 4) is 11.1 Å². The van der Waals surface area contributed by atoms with E-state index < -0.39 is 17.6 Å². The van der Waals surface area contributed by atoms with Crippen LogP contribution in [0, 0.1) is 11.8 Å². The number of fused-ring (bicyclic) bond motifs is 3. The summed E-state index contributed by atoms with van der Waals surface area (Å²) in [6, 6.07) is 16.5. The fourth-order valence-corrected chi connectivity index (χ4v) is 5.36. The number of alkyl carbamates (subject to hydrolysis) is 1. The minimum atomic E-state index is -1.03. The van der Waals surface area contributed by atoms with E-state index in [0.717, 1.165) is 12.8 Å². The second-order valence-electron chi connectivity index (χ2n) is 9.80. The highest BCUT2D eigenvalue weighted by Crippen LogP contribution is 2.44. The van der Waals surface area contributed by atoms with Crippen LogP contribution in [0.3, 0.4) is 0 Å². The van der Waals surface area contributed by atoms with E-state index in [-0.39, 0.29) is 24.3 Å². The van der Waals surface area contributed by atoms with Gasteiger partial charge < -0.3 is 20.5 Å². The Bertz CT molecular complexity index is 1060. The van der Waals surface area contributed by atoms with Gasteiger partial charge in [0.15, 0.2) is 0 Å². The van der Waals surface area contributed by atoms with Gasteiger partial charge in [-0.05, 0) is 66.7 Å². The number of carboxylic acids is 1. The molecular weight excluding hydrogens is 432 g/mol. The quantitative estimate of drug-likeness (QED) is 0.576. The van der Waals surface area contributed by atoms with Gasteiger partial charge in [0.25, 0.3) is 0 Å². The maximum absolute atomic E-state index is 12.5. The van der Waals surface area contributed by atoms with Gasteiger partial charge in [-0.3, -0.25) is 4.79 Å². The van der Waals surface area contributed by atoms with E-state index in [1.165, 1.54) is 22.3 Å². The number of amides is 2. The fourth-order valence-electron chi connectivity index (χ4n) is 5.36. The maximum Gasteiger partial charge on any atom is 0.407 e. The molecule has 178 valence electrons. The lowest BCUT2D eigenvalue weighted by atomic mass is 9.81. The molecule has 0 radical (unpaired) electrons. The standard InChI is InChI=1S/C27H30N2O5/c30-24(29-27(13-14-27)25(31)32)18-11-9-17(10-12-18)15-28-26(33)34-16-23-21-7-3-1-5-19(21)20-6-2-4-8-22(20)23/h1-8,17-18,23H,9-16H2,(H,28,33)(H,29,30)(H,31,32). The predicted octanol–water partition coefficient (Wildman–Crippen LogP) is 4.06. The van der Waals surface area contributed by atoms with Gasteiger partial charge in [0, 0.05) is 18.4 Å². The normalized spacial score (nSPS) is 22.2. The molecule has 2 saturated carbocycles. The highest BCUT2D eigenvalue weighted by Gasteiger charge is 2.52. The van der Waals surface area contributed by atoms with E-state index in [1.807, 2.05) is 24.3 Å². The van der Waals surface area contributed by atoms with Crippen molar-refractivity contribution in [1.82, 2.24) is 10.6 Å². The summed E-state index contributed by atoms with van der Waals surface area (Å²) in [5.41, 5.74) is 3.74. The second kappa shape index (κ2) is 9.12. The lowest BCUT2D eigenvalue weighted by Crippen LogP contribution is -2.46. The van der Waals surface area contributed by atoms with Gasteiger partial charge in [-0.25, -0.2) is 9.59 Å². The van der Waals surface area contributed by atoms with Crippen LogP contribution in [0.4, 0.5) is 4.79 Å². The Morgan fingerprint density at radius 3 is 2.06 bits per heavy atom. The molecule has 0 spiro atoms. The molecule has 34 heavy (non-hydrogen) atoms. The van der Waals surface area contributed by atoms with Crippen molar-refractivity contribution in [3.05, 3.63) is 59.7 Å². The Morgan fingerprint density at radius 2 is 1.50 bits per heavy atom. The van der Waals surface area contributed by atoms with Crippen LogP contribution in [0.2, 0.25) is 0 Å². The van der Waals surface area contributed by atoms with E-state index >= 15 is 0 Å². The van der Waals surface area contributed by atoms with E-state index in [1.54, 1.807) is 0 Å². The van der Waals surface area contributed by atoms with Crippen molar-refractivity contribution >= 4 is 18.0 Å². The van der Waals surface area contributed by atoms with Crippen LogP contribution < -0.4 is 10.6 Å². The summed E-state index contributed by atoms with van der Waals surface area (Å²) in [6.45, 7) is 0.808. The van der Waals surface area contributed by atoms with Crippen LogP contribution in [0.25, 0.3) is 11.1 Å². The molecule has 2 amide bonds. The van der Waals surface area contributed by atoms with Crippen molar-refractivity contribution in [2.45, 2.75) is 50.0 Å². The first-order valence-electron chi connectivity index (χ1n) is 12.1. The van der Waals surface area contributed by atoms with Crippen LogP contribution in [-0.2, 0) is 14.3 Å². The average molecular weight is 463 g/mol. The van der Waals surface area contributed by atoms with Gasteiger partial charge in [-0.15, -0.1) is 0 Å². The molecule has 0 unspecified atom stereocenters. The van der Waals surface area contributed by atoms with Crippen LogP contribution in [0.15, 0.2) is 48.5 Å². The molecule has 7 nitrogen and oxygen atoms in total. The third-order valence-corrected chi connectivity index (χ3v) is 7.62. The third-order valence-electron chi connectivity index (χ3n) is 7.62. The molecule has 3 aliphatic rings. The number of carboxylic acid groups (broad SMARTS) is 1. The smallest absolute Gasteiger partial charge is 0.407 e. The molecule has 0 saturated heterocycles. The topological polar surface area (TPSA) is 105 Å². The first-order valence-corrected chi connectivity index (χ1v) is 12.1. The molecule has 0 aromatic heterocycles. The Balaban J connectivity index is 1.07. The van der Waals surface area contributed by atoms with Crippen LogP contribution >= 0.6 is 0 Å². The van der Waals surface area contributed by atoms with Gasteiger partial charge in [0.2, 0.25) is 5.91 Å². The summed E-state index contributed by atoms with van der Waals surface area (Å²) in [4.78, 5) is 36.2. The highest BCUT2D eigenvalue weighted by molar-refractivity contribution is 5.90. The lowest BCUT2D eigenvalue weighted by Gasteiger charge is -2.28. The number of rotatable bonds is 7. The van der Waals surface area contributed by atoms with E-state index in [0.29, 0.717) is 38.1 Å². The summed E-state index contributed by atoms with van der Waals surface area (Å²) in [5.74, 6) is -0.918. The molecule has 3 aliphatic carbocycles. The van der Waals surface area contributed by atoms with Crippen LogP contribution in [0.5, 0.6) is 0 Å². The van der Waals surface area contributed by atoms with Crippen molar-refractivity contribution in [3.63, 3.8) is 0 Å². The minimum absolute atomic E-state index is 0.0349. The van der Waals surface area contributed by atoms with E-state index in [9.17, 15) is 19.5 Å². The number of aliphatic carboxylic acids is 1. The van der Waals surface area contributed by atoms with Gasteiger partial charge in [-0.1, -0.05) is 48.5 Å². The van der Waals surface area contributed by atoms with Gasteiger partial charge in [-0.2, -0.15) is 0 Å². The first kappa shape index (κ1) is 22.4. The number of nitrogens with one attached hydrogen (secondary N) is 2. The first-order chi connectivity index (χ1) is 16.5. The van der Waals surface area contributed by atoms with Crippen molar-refractivity contribution < 1.29 is 24.2 Å². The second-order valence-corrected chi connectivity index (χ2v) is 9.80. The highest BCUT2D eigenvalue weighted by atomic mass is 16.5. The summed E-state index contributed by atoms with van der Waals surface area (Å²) >= 11 is 0. The molecule has 0 atom stereocenters. The van der Waals surface area contributed by atoms with Gasteiger partial charge in [0.05, 0.1) is 0 Å². The fraction of sp³-hybridized carbons (Fsp3) is 0.444. The summed E-state index contributed by atoms with van der Waals surface area (Å²) in [6.07, 6.45) is 3.65. The third kappa shape index (κ3) is 4.39. The number of carbonyl (C=O) groups is 3. The number of hydrogen-bond acceptors (Lipinski definition) is 4. The Kier molecular flexibility index (Phi) is 6.02. The molecule has 5 rings (SSSR count). The predicted molar refractivity (Wildman–Crippen MR) is 126 cm³/mol. The average Bonchev–Trinajstić information content (AvgIpc) is 3.57. The Labute approximate surface area is 198 Å². The summed E-state index contributed by atoms with van der Waals surface area (Å²) < 4.78 is 5.60. The van der Waals surface area contributed by atoms with Gasteiger partial charge >= 0.3 is 12.1 Å². The summed E-state index contributed by atoms with van der Waals surface area (Å²) in [7, 11) is 0. The lowest BCUT2D eigenvalue weighted by molar-refractivity contribution is -0.144. The Morgan fingerprint density at radius 1 is 0.912 bits per heavy atom. The van der Waals surface area contributed by atoms with Crippen molar-refractivity contribution in [2.24, 2.45) is 11.8 Å². The molecule has 2 fully saturated rings. The maximum atomic E-state index is 12.5. The van der Waals surface area contributed by atoms with Crippen molar-refractivity contribution in [1.29, 1.82) is 0 Å². The molecule has 0 bridgehead atoms. The molecular formula is C27H30N2O5. The molecule has 0 heterocycles. The molecule has 2 aromatic carbocycles. The number of ether oxygens (including phenoxy) is 1. The van der Waals surface area contributed by atoms with Crippen molar-refractivity contribution in [2.75, 3.05) is 13.2 Å². The molecule has 2 aromatic rings. The zero-order valence-corrected chi connectivity index (χ0v) is 19.1. The Hall–Kier alpha value is -3.35. The zero-order valence-electron chi connectivity index (χ0n) is 19.1.